The van der Waals surface area contributed by atoms with Gasteiger partial charge in [-0.15, -0.1) is 0 Å². The topological polar surface area (TPSA) is 97.4 Å². The number of aliphatic hydroxyl groups excluding tert-OH is 1. The molecule has 2 N–H and O–H groups in total. The van der Waals surface area contributed by atoms with Crippen LogP contribution in [0.4, 0.5) is 11.8 Å². The molecular weight excluding hydrogens is 432 g/mol. The Balaban J connectivity index is 2.17. The smallest absolute Gasteiger partial charge is 0.359 e. The number of hydrogen-bond donors (Lipinski definition) is 2. The molecule has 0 aliphatic rings. The number of rotatable bonds is 6. The normalized spacial score (nSPS) is 13.0. The summed E-state index contributed by atoms with van der Waals surface area (Å²) in [4.78, 5) is 19.9. The summed E-state index contributed by atoms with van der Waals surface area (Å²) in [5, 5.41) is 18.8. The lowest BCUT2D eigenvalue weighted by Crippen LogP contribution is -2.29. The molecule has 0 aliphatic heterocycles. The van der Waals surface area contributed by atoms with E-state index in [1.165, 1.54) is 0 Å². The minimum Gasteiger partial charge on any atom is -0.455 e. The molecule has 0 amide bonds. The van der Waals surface area contributed by atoms with Crippen LogP contribution in [0.25, 0.3) is 5.69 Å². The molecule has 34 heavy (non-hydrogen) atoms. The fourth-order valence-electron chi connectivity index (χ4n) is 3.60. The van der Waals surface area contributed by atoms with Crippen LogP contribution in [-0.2, 0) is 10.3 Å². The van der Waals surface area contributed by atoms with Crippen LogP contribution in [0.3, 0.4) is 0 Å². The van der Waals surface area contributed by atoms with Crippen molar-refractivity contribution in [3.8, 4) is 5.69 Å². The van der Waals surface area contributed by atoms with E-state index in [2.05, 4.69) is 15.4 Å². The number of para-hydroxylation sites is 1. The number of carbonyl (C=O) groups is 1. The Morgan fingerprint density at radius 3 is 2.26 bits per heavy atom. The predicted octanol–water partition coefficient (Wildman–Crippen LogP) is 4.26. The third kappa shape index (κ3) is 5.41. The minimum absolute atomic E-state index is 0.197. The van der Waals surface area contributed by atoms with E-state index in [1.54, 1.807) is 9.25 Å². The number of benzene rings is 1. The van der Waals surface area contributed by atoms with Crippen LogP contribution in [0.5, 0.6) is 0 Å². The first-order valence-corrected chi connectivity index (χ1v) is 11.3. The van der Waals surface area contributed by atoms with Crippen LogP contribution in [0.2, 0.25) is 0 Å². The van der Waals surface area contributed by atoms with E-state index in [9.17, 15) is 9.90 Å². The second-order valence-corrected chi connectivity index (χ2v) is 10.5. The van der Waals surface area contributed by atoms with Gasteiger partial charge in [-0.3, -0.25) is 9.25 Å². The van der Waals surface area contributed by atoms with Gasteiger partial charge in [0, 0.05) is 19.8 Å². The van der Waals surface area contributed by atoms with Gasteiger partial charge < -0.3 is 20.1 Å². The second-order valence-electron chi connectivity index (χ2n) is 10.5. The van der Waals surface area contributed by atoms with Gasteiger partial charge in [-0.05, 0) is 66.7 Å². The molecule has 2 aromatic heterocycles. The number of nitrogens with one attached hydrogen (secondary N) is 1. The van der Waals surface area contributed by atoms with Gasteiger partial charge in [0.2, 0.25) is 5.95 Å². The molecule has 9 heteroatoms. The number of esters is 1. The first-order valence-electron chi connectivity index (χ1n) is 11.3. The maximum absolute atomic E-state index is 13.4. The first-order chi connectivity index (χ1) is 15.7. The molecule has 0 bridgehead atoms. The Kier molecular flexibility index (Phi) is 6.80. The van der Waals surface area contributed by atoms with Crippen LogP contribution in [0.15, 0.2) is 36.4 Å². The highest BCUT2D eigenvalue weighted by atomic mass is 16.6. The standard InChI is InChI=1S/C25H36N6O3/c1-16-15-18(31(28-16)24(2,3)4)21(32)26-20-19(22(33)34-25(5,6)7)30(23(27-20)29(8)9)17-13-11-10-12-14-17/h10-15,21,26,32H,1-9H3. The lowest BCUT2D eigenvalue weighted by atomic mass is 10.1. The summed E-state index contributed by atoms with van der Waals surface area (Å²) < 4.78 is 9.24. The number of anilines is 2. The van der Waals surface area contributed by atoms with Crippen molar-refractivity contribution in [1.29, 1.82) is 0 Å². The molecule has 1 aromatic carbocycles. The summed E-state index contributed by atoms with van der Waals surface area (Å²) >= 11 is 0. The average Bonchev–Trinajstić information content (AvgIpc) is 3.28. The summed E-state index contributed by atoms with van der Waals surface area (Å²) in [6.45, 7) is 13.3. The Labute approximate surface area is 201 Å². The highest BCUT2D eigenvalue weighted by molar-refractivity contribution is 5.95. The summed E-state index contributed by atoms with van der Waals surface area (Å²) in [5.74, 6) is 0.183. The number of hydrogen-bond acceptors (Lipinski definition) is 7. The second kappa shape index (κ2) is 9.13. The molecule has 2 heterocycles. The van der Waals surface area contributed by atoms with Crippen molar-refractivity contribution in [3.05, 3.63) is 53.5 Å². The van der Waals surface area contributed by atoms with E-state index in [0.29, 0.717) is 11.6 Å². The van der Waals surface area contributed by atoms with Crippen molar-refractivity contribution in [2.75, 3.05) is 24.3 Å². The van der Waals surface area contributed by atoms with Crippen molar-refractivity contribution in [2.45, 2.75) is 65.8 Å². The SMILES string of the molecule is Cc1cc(C(O)Nc2nc(N(C)C)n(-c3ccccc3)c2C(=O)OC(C)(C)C)n(C(C)(C)C)n1. The summed E-state index contributed by atoms with van der Waals surface area (Å²) in [6, 6.07) is 11.3. The van der Waals surface area contributed by atoms with E-state index in [0.717, 1.165) is 11.4 Å². The number of aliphatic hydroxyl groups is 1. The molecule has 0 fully saturated rings. The van der Waals surface area contributed by atoms with Gasteiger partial charge >= 0.3 is 5.97 Å². The monoisotopic (exact) mass is 468 g/mol. The molecule has 184 valence electrons. The molecule has 0 radical (unpaired) electrons. The van der Waals surface area contributed by atoms with Crippen LogP contribution in [-0.4, -0.2) is 50.1 Å². The molecule has 0 saturated heterocycles. The zero-order chi connectivity index (χ0) is 25.4. The Morgan fingerprint density at radius 2 is 1.74 bits per heavy atom. The average molecular weight is 469 g/mol. The van der Waals surface area contributed by atoms with Crippen LogP contribution >= 0.6 is 0 Å². The van der Waals surface area contributed by atoms with Gasteiger partial charge in [-0.25, -0.2) is 4.79 Å². The maximum Gasteiger partial charge on any atom is 0.359 e. The Bertz CT molecular complexity index is 1150. The quantitative estimate of drug-likeness (QED) is 0.412. The number of aromatic nitrogens is 4. The highest BCUT2D eigenvalue weighted by Gasteiger charge is 2.31. The van der Waals surface area contributed by atoms with E-state index in [4.69, 9.17) is 4.74 Å². The summed E-state index contributed by atoms with van der Waals surface area (Å²) in [7, 11) is 3.69. The first kappa shape index (κ1) is 25.3. The van der Waals surface area contributed by atoms with Gasteiger partial charge in [-0.1, -0.05) is 18.2 Å². The maximum atomic E-state index is 13.4. The molecule has 3 aromatic rings. The lowest BCUT2D eigenvalue weighted by Gasteiger charge is -2.25. The molecule has 9 nitrogen and oxygen atoms in total. The van der Waals surface area contributed by atoms with Crippen LogP contribution in [0.1, 0.15) is 69.6 Å². The van der Waals surface area contributed by atoms with Crippen LogP contribution in [0, 0.1) is 6.92 Å². The fraction of sp³-hybridized carbons (Fsp3) is 0.480. The molecule has 1 unspecified atom stereocenters. The minimum atomic E-state index is -1.16. The zero-order valence-electron chi connectivity index (χ0n) is 21.5. The number of aryl methyl sites for hydroxylation is 1. The molecular formula is C25H36N6O3. The van der Waals surface area contributed by atoms with Crippen LogP contribution < -0.4 is 10.2 Å². The van der Waals surface area contributed by atoms with Gasteiger partial charge in [0.1, 0.15) is 5.60 Å². The van der Waals surface area contributed by atoms with E-state index in [-0.39, 0.29) is 17.1 Å². The fourth-order valence-corrected chi connectivity index (χ4v) is 3.60. The Morgan fingerprint density at radius 1 is 1.12 bits per heavy atom. The van der Waals surface area contributed by atoms with Crippen molar-refractivity contribution in [2.24, 2.45) is 0 Å². The van der Waals surface area contributed by atoms with Gasteiger partial charge in [0.15, 0.2) is 17.7 Å². The lowest BCUT2D eigenvalue weighted by molar-refractivity contribution is 0.00616. The van der Waals surface area contributed by atoms with E-state index >= 15 is 0 Å². The Hall–Kier alpha value is -3.33. The van der Waals surface area contributed by atoms with Crippen molar-refractivity contribution >= 4 is 17.7 Å². The van der Waals surface area contributed by atoms with E-state index in [1.807, 2.05) is 104 Å². The van der Waals surface area contributed by atoms with E-state index < -0.39 is 17.8 Å². The molecule has 0 spiro atoms. The predicted molar refractivity (Wildman–Crippen MR) is 134 cm³/mol. The highest BCUT2D eigenvalue weighted by Crippen LogP contribution is 2.32. The number of imidazole rings is 1. The van der Waals surface area contributed by atoms with Gasteiger partial charge in [0.25, 0.3) is 0 Å². The summed E-state index contributed by atoms with van der Waals surface area (Å²) in [6.07, 6.45) is -1.16. The molecule has 3 rings (SSSR count). The third-order valence-electron chi connectivity index (χ3n) is 4.91. The third-order valence-corrected chi connectivity index (χ3v) is 4.91. The number of ether oxygens (including phenoxy) is 1. The van der Waals surface area contributed by atoms with Gasteiger partial charge in [-0.2, -0.15) is 10.1 Å². The number of carbonyl (C=O) groups excluding carboxylic acids is 1. The van der Waals surface area contributed by atoms with Crippen molar-refractivity contribution < 1.29 is 14.6 Å². The summed E-state index contributed by atoms with van der Waals surface area (Å²) in [5.41, 5.74) is 1.24. The molecule has 0 aliphatic carbocycles. The van der Waals surface area contributed by atoms with Crippen molar-refractivity contribution in [3.63, 3.8) is 0 Å². The molecule has 0 saturated carbocycles. The largest absolute Gasteiger partial charge is 0.455 e. The molecule has 1 atom stereocenters. The number of nitrogens with zero attached hydrogens (tertiary/aromatic N) is 5. The van der Waals surface area contributed by atoms with Crippen molar-refractivity contribution in [1.82, 2.24) is 19.3 Å². The van der Waals surface area contributed by atoms with Gasteiger partial charge in [0.05, 0.1) is 16.9 Å². The zero-order valence-corrected chi connectivity index (χ0v) is 21.5.